The third-order valence-corrected chi connectivity index (χ3v) is 4.44. The molecule has 0 bridgehead atoms. The van der Waals surface area contributed by atoms with Gasteiger partial charge in [-0.25, -0.2) is 15.4 Å². The summed E-state index contributed by atoms with van der Waals surface area (Å²) in [5.41, 5.74) is 5.84. The van der Waals surface area contributed by atoms with E-state index in [-0.39, 0.29) is 17.0 Å². The highest BCUT2D eigenvalue weighted by Crippen LogP contribution is 2.33. The minimum absolute atomic E-state index is 0.0598. The summed E-state index contributed by atoms with van der Waals surface area (Å²) in [6.45, 7) is 6.52. The van der Waals surface area contributed by atoms with Crippen LogP contribution in [0.3, 0.4) is 0 Å². The number of anilines is 1. The van der Waals surface area contributed by atoms with Crippen molar-refractivity contribution in [2.24, 2.45) is 10.4 Å². The molecule has 0 fully saturated rings. The number of hydrogen-bond donors (Lipinski definition) is 2. The van der Waals surface area contributed by atoms with Crippen LogP contribution in [-0.4, -0.2) is 17.2 Å². The average Bonchev–Trinajstić information content (AvgIpc) is 3.00. The van der Waals surface area contributed by atoms with E-state index in [0.29, 0.717) is 5.56 Å². The highest BCUT2D eigenvalue weighted by Gasteiger charge is 2.34. The van der Waals surface area contributed by atoms with E-state index in [1.807, 2.05) is 47.6 Å². The molecular weight excluding hydrogens is 300 g/mol. The highest BCUT2D eigenvalue weighted by molar-refractivity contribution is 5.92. The van der Waals surface area contributed by atoms with Crippen molar-refractivity contribution in [2.75, 3.05) is 5.01 Å². The van der Waals surface area contributed by atoms with Gasteiger partial charge in [-0.05, 0) is 23.1 Å². The third kappa shape index (κ3) is 2.37. The van der Waals surface area contributed by atoms with Gasteiger partial charge >= 0.3 is 0 Å². The Bertz CT molecular complexity index is 903. The third-order valence-electron chi connectivity index (χ3n) is 4.44. The van der Waals surface area contributed by atoms with Gasteiger partial charge in [0, 0.05) is 17.3 Å². The lowest BCUT2D eigenvalue weighted by atomic mass is 9.87. The van der Waals surface area contributed by atoms with Gasteiger partial charge in [-0.1, -0.05) is 51.1 Å². The minimum Gasteiger partial charge on any atom is -0.306 e. The summed E-state index contributed by atoms with van der Waals surface area (Å²) in [6, 6.07) is 11.7. The van der Waals surface area contributed by atoms with Crippen molar-refractivity contribution in [2.45, 2.75) is 26.8 Å². The van der Waals surface area contributed by atoms with E-state index in [1.54, 1.807) is 0 Å². The monoisotopic (exact) mass is 320 g/mol. The van der Waals surface area contributed by atoms with Crippen molar-refractivity contribution >= 4 is 12.0 Å². The number of nitrogens with one attached hydrogen (secondary N) is 2. The Morgan fingerprint density at radius 3 is 2.62 bits per heavy atom. The molecule has 2 aromatic rings. The van der Waals surface area contributed by atoms with Crippen LogP contribution in [0.1, 0.15) is 26.3 Å². The van der Waals surface area contributed by atoms with Crippen LogP contribution in [0, 0.1) is 5.41 Å². The summed E-state index contributed by atoms with van der Waals surface area (Å²) < 4.78 is 0. The van der Waals surface area contributed by atoms with E-state index >= 15 is 0 Å². The maximum Gasteiger partial charge on any atom is 0.257 e. The number of hydrazine groups is 1. The van der Waals surface area contributed by atoms with Crippen LogP contribution in [0.4, 0.5) is 5.82 Å². The van der Waals surface area contributed by atoms with Crippen molar-refractivity contribution in [3.05, 3.63) is 64.2 Å². The zero-order valence-electron chi connectivity index (χ0n) is 14.0. The van der Waals surface area contributed by atoms with Crippen LogP contribution in [-0.2, 0) is 0 Å². The number of hydrogen-bond acceptors (Lipinski definition) is 4. The predicted octanol–water partition coefficient (Wildman–Crippen LogP) is 3.06. The fourth-order valence-corrected chi connectivity index (χ4v) is 2.98. The molecule has 0 aliphatic carbocycles. The van der Waals surface area contributed by atoms with Gasteiger partial charge in [-0.2, -0.15) is 0 Å². The van der Waals surface area contributed by atoms with Gasteiger partial charge in [0.2, 0.25) is 0 Å². The molecule has 1 unspecified atom stereocenters. The van der Waals surface area contributed by atoms with Gasteiger partial charge in [0.1, 0.15) is 11.6 Å². The van der Waals surface area contributed by atoms with E-state index in [1.165, 1.54) is 0 Å². The first-order valence-corrected chi connectivity index (χ1v) is 8.08. The molecule has 1 aromatic heterocycles. The van der Waals surface area contributed by atoms with E-state index in [4.69, 9.17) is 0 Å². The maximum atomic E-state index is 12.6. The van der Waals surface area contributed by atoms with Gasteiger partial charge in [0.05, 0.1) is 6.04 Å². The SMILES string of the molecule is CC(C)(C)C1C=C2N=Cc3cc(-c4ccccc4)c(=O)[nH]c3N2N1. The molecule has 24 heavy (non-hydrogen) atoms. The minimum atomic E-state index is -0.101. The number of pyridine rings is 1. The number of H-pyrrole nitrogens is 1. The zero-order chi connectivity index (χ0) is 16.9. The second kappa shape index (κ2) is 5.18. The predicted molar refractivity (Wildman–Crippen MR) is 97.0 cm³/mol. The van der Waals surface area contributed by atoms with Gasteiger partial charge in [-0.15, -0.1) is 0 Å². The summed E-state index contributed by atoms with van der Waals surface area (Å²) in [5.74, 6) is 1.57. The normalized spacial score (nSPS) is 19.0. The van der Waals surface area contributed by atoms with Crippen molar-refractivity contribution in [3.63, 3.8) is 0 Å². The summed E-state index contributed by atoms with van der Waals surface area (Å²) in [7, 11) is 0. The molecule has 2 aliphatic rings. The van der Waals surface area contributed by atoms with Crippen LogP contribution in [0.15, 0.2) is 58.1 Å². The van der Waals surface area contributed by atoms with Crippen LogP contribution in [0.2, 0.25) is 0 Å². The van der Waals surface area contributed by atoms with Crippen molar-refractivity contribution in [1.29, 1.82) is 0 Å². The molecule has 4 rings (SSSR count). The van der Waals surface area contributed by atoms with Gasteiger partial charge in [0.15, 0.2) is 0 Å². The second-order valence-electron chi connectivity index (χ2n) is 7.27. The fraction of sp³-hybridized carbons (Fsp3) is 0.263. The fourth-order valence-electron chi connectivity index (χ4n) is 2.98. The number of aliphatic imine (C=N–C) groups is 1. The van der Waals surface area contributed by atoms with Crippen molar-refractivity contribution in [3.8, 4) is 11.1 Å². The molecule has 5 nitrogen and oxygen atoms in total. The largest absolute Gasteiger partial charge is 0.306 e. The molecule has 3 heterocycles. The lowest BCUT2D eigenvalue weighted by Gasteiger charge is -2.30. The lowest BCUT2D eigenvalue weighted by molar-refractivity contribution is 0.325. The topological polar surface area (TPSA) is 60.5 Å². The van der Waals surface area contributed by atoms with Crippen LogP contribution >= 0.6 is 0 Å². The standard InChI is InChI=1S/C19H20N4O/c1-19(2,3)15-10-16-20-11-13-9-14(12-7-5-4-6-8-12)18(24)21-17(13)23(16)22-15/h4-11,15,22H,1-3H3,(H,21,24). The molecule has 0 saturated heterocycles. The van der Waals surface area contributed by atoms with Crippen molar-refractivity contribution in [1.82, 2.24) is 10.4 Å². The molecule has 0 amide bonds. The molecule has 2 aliphatic heterocycles. The number of benzene rings is 1. The van der Waals surface area contributed by atoms with Crippen LogP contribution < -0.4 is 16.0 Å². The molecule has 0 spiro atoms. The number of aromatic nitrogens is 1. The molecule has 2 N–H and O–H groups in total. The molecular formula is C19H20N4O. The first-order valence-electron chi connectivity index (χ1n) is 8.08. The lowest BCUT2D eigenvalue weighted by Crippen LogP contribution is -2.45. The quantitative estimate of drug-likeness (QED) is 0.849. The summed E-state index contributed by atoms with van der Waals surface area (Å²) in [5, 5.41) is 1.88. The van der Waals surface area contributed by atoms with Gasteiger partial charge in [-0.3, -0.25) is 4.79 Å². The summed E-state index contributed by atoms with van der Waals surface area (Å²) >= 11 is 0. The van der Waals surface area contributed by atoms with E-state index < -0.39 is 0 Å². The van der Waals surface area contributed by atoms with Gasteiger partial charge in [0.25, 0.3) is 5.56 Å². The second-order valence-corrected chi connectivity index (χ2v) is 7.27. The highest BCUT2D eigenvalue weighted by atomic mass is 16.1. The molecule has 0 radical (unpaired) electrons. The molecule has 1 atom stereocenters. The number of fused-ring (bicyclic) bond motifs is 3. The molecule has 5 heteroatoms. The van der Waals surface area contributed by atoms with E-state index in [0.717, 1.165) is 22.8 Å². The van der Waals surface area contributed by atoms with Crippen LogP contribution in [0.5, 0.6) is 0 Å². The smallest absolute Gasteiger partial charge is 0.257 e. The first-order chi connectivity index (χ1) is 11.4. The Hall–Kier alpha value is -2.66. The Morgan fingerprint density at radius 1 is 1.17 bits per heavy atom. The Labute approximate surface area is 140 Å². The Balaban J connectivity index is 1.78. The Kier molecular flexibility index (Phi) is 3.21. The van der Waals surface area contributed by atoms with E-state index in [2.05, 4.69) is 42.2 Å². The van der Waals surface area contributed by atoms with E-state index in [9.17, 15) is 4.79 Å². The average molecular weight is 320 g/mol. The Morgan fingerprint density at radius 2 is 1.92 bits per heavy atom. The van der Waals surface area contributed by atoms with Gasteiger partial charge < -0.3 is 4.98 Å². The summed E-state index contributed by atoms with van der Waals surface area (Å²) in [4.78, 5) is 20.1. The number of nitrogens with zero attached hydrogens (tertiary/aromatic N) is 2. The number of rotatable bonds is 1. The van der Waals surface area contributed by atoms with Crippen molar-refractivity contribution < 1.29 is 0 Å². The molecule has 122 valence electrons. The molecule has 1 aromatic carbocycles. The first kappa shape index (κ1) is 14.9. The summed E-state index contributed by atoms with van der Waals surface area (Å²) in [6.07, 6.45) is 3.91. The molecule has 0 saturated carbocycles. The van der Waals surface area contributed by atoms with Crippen LogP contribution in [0.25, 0.3) is 11.1 Å². The number of aromatic amines is 1. The zero-order valence-corrected chi connectivity index (χ0v) is 14.0. The maximum absolute atomic E-state index is 12.6.